The van der Waals surface area contributed by atoms with Gasteiger partial charge in [-0.3, -0.25) is 14.5 Å². The first kappa shape index (κ1) is 19.8. The fourth-order valence-electron chi connectivity index (χ4n) is 3.50. The van der Waals surface area contributed by atoms with Crippen molar-refractivity contribution in [1.29, 1.82) is 0 Å². The SMILES string of the molecule is O=C(CC[C@@H]1NC(=O)N(Cc2ccc3c(c2)OCO3)C1=O)NCCc1ccccc1. The van der Waals surface area contributed by atoms with E-state index < -0.39 is 12.1 Å². The van der Waals surface area contributed by atoms with Crippen molar-refractivity contribution in [3.05, 3.63) is 59.7 Å². The van der Waals surface area contributed by atoms with Crippen LogP contribution in [0.15, 0.2) is 48.5 Å². The summed E-state index contributed by atoms with van der Waals surface area (Å²) in [6.07, 6.45) is 1.18. The second-order valence-electron chi connectivity index (χ2n) is 7.24. The summed E-state index contributed by atoms with van der Waals surface area (Å²) in [6, 6.07) is 14.1. The number of fused-ring (bicyclic) bond motifs is 1. The van der Waals surface area contributed by atoms with Gasteiger partial charge in [-0.05, 0) is 36.1 Å². The summed E-state index contributed by atoms with van der Waals surface area (Å²) in [6.45, 7) is 0.836. The molecule has 0 aliphatic carbocycles. The third-order valence-corrected chi connectivity index (χ3v) is 5.12. The van der Waals surface area contributed by atoms with Gasteiger partial charge in [0.25, 0.3) is 5.91 Å². The minimum absolute atomic E-state index is 0.137. The maximum Gasteiger partial charge on any atom is 0.325 e. The van der Waals surface area contributed by atoms with E-state index in [0.717, 1.165) is 22.4 Å². The Morgan fingerprint density at radius 3 is 2.70 bits per heavy atom. The van der Waals surface area contributed by atoms with E-state index in [0.29, 0.717) is 18.0 Å². The summed E-state index contributed by atoms with van der Waals surface area (Å²) in [4.78, 5) is 38.1. The van der Waals surface area contributed by atoms with Gasteiger partial charge in [-0.15, -0.1) is 0 Å². The molecule has 2 aliphatic rings. The quantitative estimate of drug-likeness (QED) is 0.650. The zero-order chi connectivity index (χ0) is 20.9. The number of hydrogen-bond acceptors (Lipinski definition) is 5. The first-order valence-electron chi connectivity index (χ1n) is 9.91. The van der Waals surface area contributed by atoms with Crippen molar-refractivity contribution in [1.82, 2.24) is 15.5 Å². The Morgan fingerprint density at radius 2 is 1.87 bits per heavy atom. The summed E-state index contributed by atoms with van der Waals surface area (Å²) < 4.78 is 10.6. The van der Waals surface area contributed by atoms with Crippen LogP contribution < -0.4 is 20.1 Å². The van der Waals surface area contributed by atoms with Crippen LogP contribution in [0.4, 0.5) is 4.79 Å². The van der Waals surface area contributed by atoms with Crippen molar-refractivity contribution >= 4 is 17.8 Å². The number of benzene rings is 2. The van der Waals surface area contributed by atoms with Crippen LogP contribution in [0.2, 0.25) is 0 Å². The second kappa shape index (κ2) is 8.86. The number of carbonyl (C=O) groups excluding carboxylic acids is 3. The predicted octanol–water partition coefficient (Wildman–Crippen LogP) is 1.97. The molecule has 30 heavy (non-hydrogen) atoms. The van der Waals surface area contributed by atoms with E-state index in [-0.39, 0.29) is 38.0 Å². The lowest BCUT2D eigenvalue weighted by molar-refractivity contribution is -0.128. The molecule has 1 saturated heterocycles. The van der Waals surface area contributed by atoms with Crippen LogP contribution in [0.3, 0.4) is 0 Å². The standard InChI is InChI=1S/C22H23N3O5/c26-20(23-11-10-15-4-2-1-3-5-15)9-7-17-21(27)25(22(28)24-17)13-16-6-8-18-19(12-16)30-14-29-18/h1-6,8,12,17H,7,9-11,13-14H2,(H,23,26)(H,24,28)/t17-/m0/s1. The van der Waals surface area contributed by atoms with Gasteiger partial charge >= 0.3 is 6.03 Å². The Morgan fingerprint density at radius 1 is 1.07 bits per heavy atom. The number of amides is 4. The minimum atomic E-state index is -0.689. The number of urea groups is 1. The molecule has 156 valence electrons. The van der Waals surface area contributed by atoms with Gasteiger partial charge in [0.2, 0.25) is 12.7 Å². The molecule has 0 radical (unpaired) electrons. The van der Waals surface area contributed by atoms with Crippen LogP contribution in [0.5, 0.6) is 11.5 Å². The molecule has 2 heterocycles. The Bertz CT molecular complexity index is 947. The second-order valence-corrected chi connectivity index (χ2v) is 7.24. The van der Waals surface area contributed by atoms with Gasteiger partial charge < -0.3 is 20.1 Å². The topological polar surface area (TPSA) is 97.0 Å². The van der Waals surface area contributed by atoms with Crippen molar-refractivity contribution in [2.75, 3.05) is 13.3 Å². The number of imide groups is 1. The van der Waals surface area contributed by atoms with E-state index >= 15 is 0 Å². The molecule has 2 N–H and O–H groups in total. The number of rotatable bonds is 8. The number of carbonyl (C=O) groups is 3. The maximum atomic E-state index is 12.6. The molecule has 8 nitrogen and oxygen atoms in total. The minimum Gasteiger partial charge on any atom is -0.454 e. The predicted molar refractivity (Wildman–Crippen MR) is 108 cm³/mol. The first-order chi connectivity index (χ1) is 14.6. The van der Waals surface area contributed by atoms with Crippen molar-refractivity contribution in [3.63, 3.8) is 0 Å². The van der Waals surface area contributed by atoms with E-state index in [1.54, 1.807) is 18.2 Å². The molecule has 1 atom stereocenters. The highest BCUT2D eigenvalue weighted by molar-refractivity contribution is 6.04. The van der Waals surface area contributed by atoms with Crippen LogP contribution in [0.25, 0.3) is 0 Å². The average molecular weight is 409 g/mol. The molecule has 2 aliphatic heterocycles. The molecule has 0 aromatic heterocycles. The zero-order valence-corrected chi connectivity index (χ0v) is 16.4. The van der Waals surface area contributed by atoms with E-state index in [1.165, 1.54) is 0 Å². The number of nitrogens with one attached hydrogen (secondary N) is 2. The van der Waals surface area contributed by atoms with Gasteiger partial charge in [-0.2, -0.15) is 0 Å². The van der Waals surface area contributed by atoms with E-state index in [2.05, 4.69) is 10.6 Å². The molecular formula is C22H23N3O5. The van der Waals surface area contributed by atoms with E-state index in [9.17, 15) is 14.4 Å². The zero-order valence-electron chi connectivity index (χ0n) is 16.4. The van der Waals surface area contributed by atoms with Gasteiger partial charge in [-0.1, -0.05) is 36.4 Å². The number of nitrogens with zero attached hydrogens (tertiary/aromatic N) is 1. The summed E-state index contributed by atoms with van der Waals surface area (Å²) in [7, 11) is 0. The van der Waals surface area contributed by atoms with Gasteiger partial charge in [-0.25, -0.2) is 4.79 Å². The van der Waals surface area contributed by atoms with Crippen molar-refractivity contribution in [2.45, 2.75) is 31.8 Å². The molecule has 2 aromatic carbocycles. The van der Waals surface area contributed by atoms with Crippen molar-refractivity contribution < 1.29 is 23.9 Å². The number of ether oxygens (including phenoxy) is 2. The van der Waals surface area contributed by atoms with Gasteiger partial charge in [0.1, 0.15) is 6.04 Å². The molecule has 8 heteroatoms. The monoisotopic (exact) mass is 409 g/mol. The van der Waals surface area contributed by atoms with E-state index in [1.807, 2.05) is 30.3 Å². The molecule has 0 spiro atoms. The summed E-state index contributed by atoms with van der Waals surface area (Å²) in [5.41, 5.74) is 1.91. The van der Waals surface area contributed by atoms with Crippen LogP contribution >= 0.6 is 0 Å². The smallest absolute Gasteiger partial charge is 0.325 e. The van der Waals surface area contributed by atoms with Gasteiger partial charge in [0.15, 0.2) is 11.5 Å². The Labute approximate surface area is 174 Å². The average Bonchev–Trinajstić information content (AvgIpc) is 3.32. The lowest BCUT2D eigenvalue weighted by Gasteiger charge is -2.13. The fourth-order valence-corrected chi connectivity index (χ4v) is 3.50. The highest BCUT2D eigenvalue weighted by Crippen LogP contribution is 2.33. The Balaban J connectivity index is 1.24. The van der Waals surface area contributed by atoms with Crippen LogP contribution in [0, 0.1) is 0 Å². The van der Waals surface area contributed by atoms with Crippen molar-refractivity contribution in [3.8, 4) is 11.5 Å². The normalized spacial score (nSPS) is 17.2. The molecule has 0 unspecified atom stereocenters. The lowest BCUT2D eigenvalue weighted by Crippen LogP contribution is -2.33. The van der Waals surface area contributed by atoms with Crippen LogP contribution in [-0.4, -0.2) is 42.1 Å². The first-order valence-corrected chi connectivity index (χ1v) is 9.91. The molecule has 1 fully saturated rings. The van der Waals surface area contributed by atoms with Gasteiger partial charge in [0.05, 0.1) is 6.54 Å². The highest BCUT2D eigenvalue weighted by atomic mass is 16.7. The molecule has 4 amide bonds. The Kier molecular flexibility index (Phi) is 5.83. The largest absolute Gasteiger partial charge is 0.454 e. The summed E-state index contributed by atoms with van der Waals surface area (Å²) in [5, 5.41) is 5.52. The molecular weight excluding hydrogens is 386 g/mol. The third-order valence-electron chi connectivity index (χ3n) is 5.12. The number of hydrogen-bond donors (Lipinski definition) is 2. The molecule has 4 rings (SSSR count). The lowest BCUT2D eigenvalue weighted by atomic mass is 10.1. The van der Waals surface area contributed by atoms with Crippen molar-refractivity contribution in [2.24, 2.45) is 0 Å². The molecule has 0 saturated carbocycles. The third kappa shape index (κ3) is 4.53. The molecule has 2 aromatic rings. The summed E-state index contributed by atoms with van der Waals surface area (Å²) in [5.74, 6) is 0.785. The highest BCUT2D eigenvalue weighted by Gasteiger charge is 2.38. The van der Waals surface area contributed by atoms with E-state index in [4.69, 9.17) is 9.47 Å². The molecule has 0 bridgehead atoms. The fraction of sp³-hybridized carbons (Fsp3) is 0.318. The summed E-state index contributed by atoms with van der Waals surface area (Å²) >= 11 is 0. The van der Waals surface area contributed by atoms with Crippen LogP contribution in [-0.2, 0) is 22.6 Å². The van der Waals surface area contributed by atoms with Crippen LogP contribution in [0.1, 0.15) is 24.0 Å². The van der Waals surface area contributed by atoms with Gasteiger partial charge in [0, 0.05) is 13.0 Å². The Hall–Kier alpha value is -3.55. The maximum absolute atomic E-state index is 12.6.